The fourth-order valence-corrected chi connectivity index (χ4v) is 5.69. The first-order valence-electron chi connectivity index (χ1n) is 7.74. The van der Waals surface area contributed by atoms with Gasteiger partial charge in [0.2, 0.25) is 0 Å². The highest BCUT2D eigenvalue weighted by molar-refractivity contribution is 5.15. The average Bonchev–Trinajstić information content (AvgIpc) is 2.95. The molecule has 2 aliphatic heterocycles. The molecule has 2 saturated heterocycles. The summed E-state index contributed by atoms with van der Waals surface area (Å²) >= 11 is 0. The lowest BCUT2D eigenvalue weighted by Gasteiger charge is -2.43. The van der Waals surface area contributed by atoms with Gasteiger partial charge in [-0.25, -0.2) is 0 Å². The second-order valence-electron chi connectivity index (χ2n) is 7.16. The van der Waals surface area contributed by atoms with E-state index < -0.39 is 0 Å². The third kappa shape index (κ3) is 1.39. The number of aliphatic hydroxyl groups is 1. The molecule has 1 aliphatic carbocycles. The van der Waals surface area contributed by atoms with Gasteiger partial charge in [-0.2, -0.15) is 0 Å². The Morgan fingerprint density at radius 1 is 1.21 bits per heavy atom. The summed E-state index contributed by atoms with van der Waals surface area (Å²) in [5.74, 6) is 1.39. The summed E-state index contributed by atoms with van der Waals surface area (Å²) in [5, 5.41) is 10.5. The predicted octanol–water partition coefficient (Wildman–Crippen LogP) is 2.57. The Hall–Kier alpha value is -0.860. The molecular formula is C17H24NO+. The van der Waals surface area contributed by atoms with Crippen molar-refractivity contribution in [2.75, 3.05) is 13.1 Å². The van der Waals surface area contributed by atoms with Crippen molar-refractivity contribution in [3.05, 3.63) is 35.9 Å². The molecule has 2 heterocycles. The van der Waals surface area contributed by atoms with E-state index in [1.165, 1.54) is 31.4 Å². The maximum Gasteiger partial charge on any atom is 0.112 e. The summed E-state index contributed by atoms with van der Waals surface area (Å²) in [7, 11) is 0. The summed E-state index contributed by atoms with van der Waals surface area (Å²) in [6.45, 7) is 5.83. The Labute approximate surface area is 115 Å². The monoisotopic (exact) mass is 258 g/mol. The molecule has 5 atom stereocenters. The van der Waals surface area contributed by atoms with Crippen LogP contribution in [0.1, 0.15) is 31.7 Å². The number of nitrogens with zero attached hydrogens (tertiary/aromatic N) is 1. The van der Waals surface area contributed by atoms with Crippen molar-refractivity contribution in [1.29, 1.82) is 0 Å². The highest BCUT2D eigenvalue weighted by Crippen LogP contribution is 2.60. The average molecular weight is 258 g/mol. The van der Waals surface area contributed by atoms with E-state index in [0.717, 1.165) is 23.5 Å². The van der Waals surface area contributed by atoms with Gasteiger partial charge < -0.3 is 9.59 Å². The third-order valence-electron chi connectivity index (χ3n) is 6.66. The predicted molar refractivity (Wildman–Crippen MR) is 75.4 cm³/mol. The summed E-state index contributed by atoms with van der Waals surface area (Å²) in [6, 6.07) is 10.9. The van der Waals surface area contributed by atoms with E-state index in [1.807, 2.05) is 0 Å². The zero-order valence-corrected chi connectivity index (χ0v) is 11.8. The Bertz CT molecular complexity index is 487. The Balaban J connectivity index is 1.73. The van der Waals surface area contributed by atoms with Crippen LogP contribution in [0.3, 0.4) is 0 Å². The lowest BCUT2D eigenvalue weighted by atomic mass is 9.83. The molecule has 0 bridgehead atoms. The lowest BCUT2D eigenvalue weighted by Crippen LogP contribution is -2.57. The minimum absolute atomic E-state index is 0.0704. The molecule has 1 saturated carbocycles. The Kier molecular flexibility index (Phi) is 2.40. The van der Waals surface area contributed by atoms with Crippen LogP contribution in [0, 0.1) is 11.8 Å². The van der Waals surface area contributed by atoms with Crippen molar-refractivity contribution in [3.8, 4) is 0 Å². The highest BCUT2D eigenvalue weighted by Gasteiger charge is 2.70. The van der Waals surface area contributed by atoms with E-state index in [0.29, 0.717) is 11.5 Å². The smallest absolute Gasteiger partial charge is 0.112 e. The van der Waals surface area contributed by atoms with Gasteiger partial charge >= 0.3 is 0 Å². The Morgan fingerprint density at radius 2 is 2.00 bits per heavy atom. The van der Waals surface area contributed by atoms with E-state index >= 15 is 0 Å². The molecule has 1 unspecified atom stereocenters. The van der Waals surface area contributed by atoms with Gasteiger partial charge in [-0.05, 0) is 19.8 Å². The first-order valence-corrected chi connectivity index (χ1v) is 7.74. The zero-order valence-electron chi connectivity index (χ0n) is 11.8. The van der Waals surface area contributed by atoms with Crippen LogP contribution in [0.5, 0.6) is 0 Å². The van der Waals surface area contributed by atoms with Crippen LogP contribution < -0.4 is 0 Å². The molecule has 2 nitrogen and oxygen atoms in total. The summed E-state index contributed by atoms with van der Waals surface area (Å²) in [6.07, 6.45) is 3.88. The first-order chi connectivity index (χ1) is 9.16. The van der Waals surface area contributed by atoms with Gasteiger partial charge in [0, 0.05) is 23.8 Å². The van der Waals surface area contributed by atoms with Crippen LogP contribution in [0.2, 0.25) is 0 Å². The molecule has 0 aromatic heterocycles. The number of hydrogen-bond acceptors (Lipinski definition) is 1. The molecule has 102 valence electrons. The molecular weight excluding hydrogens is 234 g/mol. The molecule has 1 N–H and O–H groups in total. The Morgan fingerprint density at radius 3 is 2.79 bits per heavy atom. The quantitative estimate of drug-likeness (QED) is 0.808. The van der Waals surface area contributed by atoms with Crippen LogP contribution >= 0.6 is 0 Å². The van der Waals surface area contributed by atoms with Crippen LogP contribution in [-0.2, 0) is 6.54 Å². The number of quaternary nitrogens is 1. The van der Waals surface area contributed by atoms with E-state index in [9.17, 15) is 5.11 Å². The fourth-order valence-electron chi connectivity index (χ4n) is 5.69. The van der Waals surface area contributed by atoms with Crippen molar-refractivity contribution >= 4 is 0 Å². The van der Waals surface area contributed by atoms with Gasteiger partial charge in [0.15, 0.2) is 0 Å². The van der Waals surface area contributed by atoms with Crippen LogP contribution in [0.15, 0.2) is 30.3 Å². The van der Waals surface area contributed by atoms with Gasteiger partial charge in [0.1, 0.15) is 24.7 Å². The molecule has 0 radical (unpaired) electrons. The van der Waals surface area contributed by atoms with Crippen molar-refractivity contribution in [2.45, 2.75) is 44.4 Å². The van der Waals surface area contributed by atoms with Crippen LogP contribution in [0.4, 0.5) is 0 Å². The lowest BCUT2D eigenvalue weighted by molar-refractivity contribution is -0.966. The topological polar surface area (TPSA) is 20.2 Å². The summed E-state index contributed by atoms with van der Waals surface area (Å²) in [5.41, 5.74) is 1.78. The van der Waals surface area contributed by atoms with Crippen LogP contribution in [-0.4, -0.2) is 34.3 Å². The molecule has 1 aromatic carbocycles. The van der Waals surface area contributed by atoms with Gasteiger partial charge in [-0.1, -0.05) is 30.3 Å². The summed E-state index contributed by atoms with van der Waals surface area (Å²) in [4.78, 5) is 0. The minimum atomic E-state index is -0.0704. The van der Waals surface area contributed by atoms with Crippen molar-refractivity contribution in [3.63, 3.8) is 0 Å². The SMILES string of the molecule is C[C@@]12[C@H]3CC[C@@H]1[C@H](O)C[N+]2(Cc1ccccc1)CC3. The second-order valence-corrected chi connectivity index (χ2v) is 7.16. The molecule has 19 heavy (non-hydrogen) atoms. The van der Waals surface area contributed by atoms with Crippen LogP contribution in [0.25, 0.3) is 0 Å². The molecule has 3 fully saturated rings. The molecule has 2 heteroatoms. The largest absolute Gasteiger partial charge is 0.387 e. The van der Waals surface area contributed by atoms with E-state index in [1.54, 1.807) is 0 Å². The standard InChI is InChI=1S/C17H24NO/c1-17-14-7-8-15(17)16(19)12-18(17,10-9-14)11-13-5-3-2-4-6-13/h2-6,14-16,19H,7-12H2,1H3/q+1/t14-,15+,16+,17+,18?/m0/s1. The second kappa shape index (κ2) is 3.83. The van der Waals surface area contributed by atoms with Gasteiger partial charge in [0.25, 0.3) is 0 Å². The number of benzene rings is 1. The maximum absolute atomic E-state index is 10.5. The molecule has 4 rings (SSSR count). The van der Waals surface area contributed by atoms with E-state index in [2.05, 4.69) is 37.3 Å². The first kappa shape index (κ1) is 11.9. The minimum Gasteiger partial charge on any atom is -0.387 e. The maximum atomic E-state index is 10.5. The fraction of sp³-hybridized carbons (Fsp3) is 0.647. The van der Waals surface area contributed by atoms with E-state index in [-0.39, 0.29) is 6.10 Å². The van der Waals surface area contributed by atoms with Crippen molar-refractivity contribution in [1.82, 2.24) is 0 Å². The molecule has 1 aromatic rings. The highest BCUT2D eigenvalue weighted by atomic mass is 16.3. The van der Waals surface area contributed by atoms with Crippen molar-refractivity contribution in [2.24, 2.45) is 11.8 Å². The third-order valence-corrected chi connectivity index (χ3v) is 6.66. The van der Waals surface area contributed by atoms with E-state index in [4.69, 9.17) is 0 Å². The summed E-state index contributed by atoms with van der Waals surface area (Å²) < 4.78 is 1.15. The van der Waals surface area contributed by atoms with Crippen molar-refractivity contribution < 1.29 is 9.59 Å². The molecule has 3 aliphatic rings. The number of aliphatic hydroxyl groups excluding tert-OH is 1. The molecule has 0 spiro atoms. The number of rotatable bonds is 2. The van der Waals surface area contributed by atoms with Gasteiger partial charge in [0.05, 0.1) is 6.54 Å². The normalized spacial score (nSPS) is 47.6. The molecule has 0 amide bonds. The number of hydrogen-bond donors (Lipinski definition) is 1. The van der Waals surface area contributed by atoms with Gasteiger partial charge in [-0.3, -0.25) is 0 Å². The van der Waals surface area contributed by atoms with Gasteiger partial charge in [-0.15, -0.1) is 0 Å². The zero-order chi connectivity index (χ0) is 13.1.